The van der Waals surface area contributed by atoms with E-state index in [0.717, 1.165) is 25.9 Å². The summed E-state index contributed by atoms with van der Waals surface area (Å²) in [5.41, 5.74) is 0.562. The fourth-order valence-electron chi connectivity index (χ4n) is 2.35. The minimum atomic E-state index is -2.55. The normalized spacial score (nSPS) is 23.3. The molecule has 102 valence electrons. The Balaban J connectivity index is 1.90. The third kappa shape index (κ3) is 2.47. The van der Waals surface area contributed by atoms with Crippen molar-refractivity contribution in [3.05, 3.63) is 30.2 Å². The molecule has 4 nitrogen and oxygen atoms in total. The first-order chi connectivity index (χ1) is 9.24. The molecule has 3 rings (SSSR count). The molecule has 1 saturated heterocycles. The smallest absolute Gasteiger partial charge is 0.278 e. The highest BCUT2D eigenvalue weighted by molar-refractivity contribution is 6.00. The van der Waals surface area contributed by atoms with Gasteiger partial charge in [0, 0.05) is 19.2 Å². The predicted octanol–water partition coefficient (Wildman–Crippen LogP) is 2.31. The van der Waals surface area contributed by atoms with Crippen LogP contribution in [-0.2, 0) is 0 Å². The lowest BCUT2D eigenvalue weighted by Gasteiger charge is -2.26. The van der Waals surface area contributed by atoms with Gasteiger partial charge in [0.15, 0.2) is 6.17 Å². The van der Waals surface area contributed by atoms with Crippen LogP contribution in [0.3, 0.4) is 0 Å². The van der Waals surface area contributed by atoms with Gasteiger partial charge in [-0.15, -0.1) is 0 Å². The van der Waals surface area contributed by atoms with E-state index in [-0.39, 0.29) is 0 Å². The second-order valence-corrected chi connectivity index (χ2v) is 4.64. The van der Waals surface area contributed by atoms with Gasteiger partial charge in [0.1, 0.15) is 11.6 Å². The quantitative estimate of drug-likeness (QED) is 0.894. The number of aliphatic imine (C=N–C) groups is 1. The summed E-state index contributed by atoms with van der Waals surface area (Å²) < 4.78 is 31.2. The van der Waals surface area contributed by atoms with E-state index in [1.165, 1.54) is 6.26 Å². The number of rotatable bonds is 2. The highest BCUT2D eigenvalue weighted by Crippen LogP contribution is 2.21. The summed E-state index contributed by atoms with van der Waals surface area (Å²) in [7, 11) is 0. The highest BCUT2D eigenvalue weighted by Gasteiger charge is 2.28. The Hall–Kier alpha value is -1.85. The maximum absolute atomic E-state index is 12.9. The van der Waals surface area contributed by atoms with Crippen LogP contribution in [0.25, 0.3) is 5.70 Å². The van der Waals surface area contributed by atoms with Crippen LogP contribution >= 0.6 is 0 Å². The number of alkyl halides is 2. The number of hydrogen-bond donors (Lipinski definition) is 1. The fourth-order valence-corrected chi connectivity index (χ4v) is 2.35. The molecule has 0 radical (unpaired) electrons. The standard InChI is InChI=1S/C13H15F2N3O/c14-12(15)13-16-9(10-4-3-7-19-10)8-11(17-13)18-5-1-2-6-18/h3-4,7-8,12-13,16H,1-2,5-6H2. The zero-order chi connectivity index (χ0) is 13.2. The van der Waals surface area contributed by atoms with Crippen LogP contribution in [0.2, 0.25) is 0 Å². The van der Waals surface area contributed by atoms with Crippen LogP contribution in [0.1, 0.15) is 18.6 Å². The van der Waals surface area contributed by atoms with Crippen molar-refractivity contribution in [2.24, 2.45) is 4.99 Å². The Morgan fingerprint density at radius 2 is 2.16 bits per heavy atom. The molecular weight excluding hydrogens is 252 g/mol. The average Bonchev–Trinajstić information content (AvgIpc) is 3.11. The van der Waals surface area contributed by atoms with Gasteiger partial charge >= 0.3 is 0 Å². The number of nitrogens with one attached hydrogen (secondary N) is 1. The molecule has 1 fully saturated rings. The molecule has 1 unspecified atom stereocenters. The minimum Gasteiger partial charge on any atom is -0.463 e. The minimum absolute atomic E-state index is 0.553. The lowest BCUT2D eigenvalue weighted by atomic mass is 10.2. The van der Waals surface area contributed by atoms with Crippen molar-refractivity contribution in [1.82, 2.24) is 10.2 Å². The molecule has 0 amide bonds. The Morgan fingerprint density at radius 1 is 1.37 bits per heavy atom. The van der Waals surface area contributed by atoms with E-state index < -0.39 is 12.6 Å². The Morgan fingerprint density at radius 3 is 2.79 bits per heavy atom. The van der Waals surface area contributed by atoms with Gasteiger partial charge in [-0.25, -0.2) is 13.8 Å². The van der Waals surface area contributed by atoms with Gasteiger partial charge in [0.25, 0.3) is 6.43 Å². The lowest BCUT2D eigenvalue weighted by molar-refractivity contribution is 0.108. The first-order valence-electron chi connectivity index (χ1n) is 6.37. The van der Waals surface area contributed by atoms with Crippen LogP contribution in [0.15, 0.2) is 33.9 Å². The fraction of sp³-hybridized carbons (Fsp3) is 0.462. The van der Waals surface area contributed by atoms with Crippen LogP contribution in [-0.4, -0.2) is 36.4 Å². The van der Waals surface area contributed by atoms with E-state index in [1.54, 1.807) is 18.2 Å². The summed E-state index contributed by atoms with van der Waals surface area (Å²) in [5, 5.41) is 2.71. The summed E-state index contributed by atoms with van der Waals surface area (Å²) >= 11 is 0. The molecule has 6 heteroatoms. The molecule has 0 aliphatic carbocycles. The first-order valence-corrected chi connectivity index (χ1v) is 6.37. The molecule has 2 aliphatic heterocycles. The molecular formula is C13H15F2N3O. The lowest BCUT2D eigenvalue weighted by Crippen LogP contribution is -2.40. The molecule has 0 bridgehead atoms. The van der Waals surface area contributed by atoms with E-state index >= 15 is 0 Å². The molecule has 0 saturated carbocycles. The second kappa shape index (κ2) is 5.03. The van der Waals surface area contributed by atoms with Crippen LogP contribution < -0.4 is 5.32 Å². The maximum atomic E-state index is 12.9. The number of likely N-dealkylation sites (tertiary alicyclic amines) is 1. The second-order valence-electron chi connectivity index (χ2n) is 4.64. The molecule has 3 heterocycles. The monoisotopic (exact) mass is 267 g/mol. The number of furan rings is 1. The van der Waals surface area contributed by atoms with Gasteiger partial charge in [-0.3, -0.25) is 0 Å². The Kier molecular flexibility index (Phi) is 3.23. The van der Waals surface area contributed by atoms with Crippen molar-refractivity contribution in [1.29, 1.82) is 0 Å². The molecule has 0 spiro atoms. The van der Waals surface area contributed by atoms with Crippen LogP contribution in [0, 0.1) is 0 Å². The summed E-state index contributed by atoms with van der Waals surface area (Å²) in [6.07, 6.45) is 1.71. The molecule has 0 aromatic carbocycles. The van der Waals surface area contributed by atoms with Gasteiger partial charge in [-0.05, 0) is 25.0 Å². The Bertz CT molecular complexity index is 490. The molecule has 1 N–H and O–H groups in total. The topological polar surface area (TPSA) is 40.8 Å². The number of nitrogens with zero attached hydrogens (tertiary/aromatic N) is 2. The van der Waals surface area contributed by atoms with Gasteiger partial charge in [-0.1, -0.05) is 0 Å². The van der Waals surface area contributed by atoms with E-state index in [4.69, 9.17) is 4.42 Å². The van der Waals surface area contributed by atoms with Crippen molar-refractivity contribution >= 4 is 11.5 Å². The third-order valence-electron chi connectivity index (χ3n) is 3.30. The third-order valence-corrected chi connectivity index (χ3v) is 3.30. The molecule has 1 atom stereocenters. The largest absolute Gasteiger partial charge is 0.463 e. The Labute approximate surface area is 109 Å². The maximum Gasteiger partial charge on any atom is 0.278 e. The summed E-state index contributed by atoms with van der Waals surface area (Å²) in [6, 6.07) is 3.48. The van der Waals surface area contributed by atoms with Gasteiger partial charge < -0.3 is 14.6 Å². The zero-order valence-electron chi connectivity index (χ0n) is 10.4. The van der Waals surface area contributed by atoms with Crippen LogP contribution in [0.4, 0.5) is 8.78 Å². The van der Waals surface area contributed by atoms with E-state index in [1.807, 2.05) is 4.90 Å². The number of amidine groups is 1. The van der Waals surface area contributed by atoms with Gasteiger partial charge in [0.05, 0.1) is 12.0 Å². The van der Waals surface area contributed by atoms with Gasteiger partial charge in [-0.2, -0.15) is 0 Å². The summed E-state index contributed by atoms with van der Waals surface area (Å²) in [4.78, 5) is 6.13. The van der Waals surface area contributed by atoms with E-state index in [0.29, 0.717) is 17.3 Å². The first kappa shape index (κ1) is 12.2. The number of halogens is 2. The molecule has 1 aromatic rings. The zero-order valence-corrected chi connectivity index (χ0v) is 10.4. The van der Waals surface area contributed by atoms with Crippen LogP contribution in [0.5, 0.6) is 0 Å². The predicted molar refractivity (Wildman–Crippen MR) is 67.9 cm³/mol. The summed E-state index contributed by atoms with van der Waals surface area (Å²) in [6.45, 7) is 1.74. The molecule has 19 heavy (non-hydrogen) atoms. The van der Waals surface area contributed by atoms with Crippen molar-refractivity contribution in [2.75, 3.05) is 13.1 Å². The van der Waals surface area contributed by atoms with Crippen molar-refractivity contribution in [2.45, 2.75) is 25.4 Å². The summed E-state index contributed by atoms with van der Waals surface area (Å²) in [5.74, 6) is 1.17. The van der Waals surface area contributed by atoms with E-state index in [9.17, 15) is 8.78 Å². The van der Waals surface area contributed by atoms with Crippen molar-refractivity contribution < 1.29 is 13.2 Å². The molecule has 1 aromatic heterocycles. The van der Waals surface area contributed by atoms with Crippen molar-refractivity contribution in [3.8, 4) is 0 Å². The molecule has 2 aliphatic rings. The van der Waals surface area contributed by atoms with Crippen molar-refractivity contribution in [3.63, 3.8) is 0 Å². The van der Waals surface area contributed by atoms with E-state index in [2.05, 4.69) is 10.3 Å². The average molecular weight is 267 g/mol. The number of hydrogen-bond acceptors (Lipinski definition) is 4. The SMILES string of the molecule is FC(F)C1N=C(N2CCCC2)C=C(c2ccco2)N1. The van der Waals surface area contributed by atoms with Gasteiger partial charge in [0.2, 0.25) is 0 Å². The highest BCUT2D eigenvalue weighted by atomic mass is 19.3.